The van der Waals surface area contributed by atoms with Crippen molar-refractivity contribution in [3.63, 3.8) is 0 Å². The van der Waals surface area contributed by atoms with Crippen molar-refractivity contribution >= 4 is 11.4 Å². The molecule has 104 valence electrons. The van der Waals surface area contributed by atoms with Gasteiger partial charge < -0.3 is 10.2 Å². The van der Waals surface area contributed by atoms with Crippen LogP contribution in [0.25, 0.3) is 0 Å². The maximum atomic E-state index is 13.5. The fraction of sp³-hybridized carbons (Fsp3) is 0.294. The Hall–Kier alpha value is -1.87. The molecule has 3 rings (SSSR count). The van der Waals surface area contributed by atoms with Gasteiger partial charge in [0.1, 0.15) is 5.82 Å². The van der Waals surface area contributed by atoms with Crippen molar-refractivity contribution in [2.45, 2.75) is 19.9 Å². The van der Waals surface area contributed by atoms with Gasteiger partial charge in [-0.2, -0.15) is 0 Å². The number of anilines is 2. The van der Waals surface area contributed by atoms with Crippen LogP contribution in [0.4, 0.5) is 15.8 Å². The second-order valence-corrected chi connectivity index (χ2v) is 5.07. The fourth-order valence-electron chi connectivity index (χ4n) is 2.88. The Morgan fingerprint density at radius 1 is 1.20 bits per heavy atom. The number of fused-ring (bicyclic) bond motifs is 1. The van der Waals surface area contributed by atoms with E-state index in [2.05, 4.69) is 35.3 Å². The van der Waals surface area contributed by atoms with E-state index in [-0.39, 0.29) is 5.82 Å². The summed E-state index contributed by atoms with van der Waals surface area (Å²) in [4.78, 5) is 2.18. The van der Waals surface area contributed by atoms with Gasteiger partial charge >= 0.3 is 0 Å². The zero-order chi connectivity index (χ0) is 13.9. The van der Waals surface area contributed by atoms with Gasteiger partial charge in [0.2, 0.25) is 0 Å². The van der Waals surface area contributed by atoms with E-state index in [9.17, 15) is 4.39 Å². The Balaban J connectivity index is 2.06. The van der Waals surface area contributed by atoms with Gasteiger partial charge in [-0.3, -0.25) is 0 Å². The highest BCUT2D eigenvalue weighted by Crippen LogP contribution is 2.32. The summed E-state index contributed by atoms with van der Waals surface area (Å²) < 4.78 is 13.5. The molecule has 1 aliphatic heterocycles. The molecule has 1 aliphatic rings. The van der Waals surface area contributed by atoms with Crippen LogP contribution in [0.3, 0.4) is 0 Å². The Kier molecular flexibility index (Phi) is 3.70. The first-order valence-electron chi connectivity index (χ1n) is 7.14. The fourth-order valence-corrected chi connectivity index (χ4v) is 2.88. The zero-order valence-electron chi connectivity index (χ0n) is 11.7. The summed E-state index contributed by atoms with van der Waals surface area (Å²) in [5, 5.41) is 3.42. The third-order valence-electron chi connectivity index (χ3n) is 3.85. The monoisotopic (exact) mass is 270 g/mol. The van der Waals surface area contributed by atoms with Crippen LogP contribution in [0.2, 0.25) is 0 Å². The maximum Gasteiger partial charge on any atom is 0.125 e. The van der Waals surface area contributed by atoms with E-state index in [1.165, 1.54) is 22.9 Å². The van der Waals surface area contributed by atoms with Crippen molar-refractivity contribution in [2.75, 3.05) is 18.0 Å². The van der Waals surface area contributed by atoms with E-state index >= 15 is 0 Å². The van der Waals surface area contributed by atoms with Gasteiger partial charge in [-0.15, -0.1) is 0 Å². The molecule has 20 heavy (non-hydrogen) atoms. The summed E-state index contributed by atoms with van der Waals surface area (Å²) in [6, 6.07) is 13.2. The molecule has 0 unspecified atom stereocenters. The van der Waals surface area contributed by atoms with E-state index in [4.69, 9.17) is 0 Å². The van der Waals surface area contributed by atoms with Crippen LogP contribution in [0.1, 0.15) is 18.1 Å². The number of benzene rings is 2. The molecule has 0 atom stereocenters. The molecule has 2 aromatic carbocycles. The van der Waals surface area contributed by atoms with Crippen molar-refractivity contribution in [1.29, 1.82) is 0 Å². The van der Waals surface area contributed by atoms with Crippen molar-refractivity contribution in [2.24, 2.45) is 0 Å². The third-order valence-corrected chi connectivity index (χ3v) is 3.85. The molecule has 1 N–H and O–H groups in total. The molecule has 0 amide bonds. The lowest BCUT2D eigenvalue weighted by molar-refractivity contribution is 0.627. The molecule has 1 heterocycles. The third kappa shape index (κ3) is 2.41. The van der Waals surface area contributed by atoms with E-state index in [0.29, 0.717) is 0 Å². The molecular weight excluding hydrogens is 251 g/mol. The van der Waals surface area contributed by atoms with E-state index in [1.807, 2.05) is 6.07 Å². The molecule has 0 spiro atoms. The van der Waals surface area contributed by atoms with Crippen LogP contribution in [-0.4, -0.2) is 13.1 Å². The molecule has 0 bridgehead atoms. The molecule has 0 saturated heterocycles. The topological polar surface area (TPSA) is 15.3 Å². The number of halogens is 1. The smallest absolute Gasteiger partial charge is 0.125 e. The van der Waals surface area contributed by atoms with Crippen molar-refractivity contribution < 1.29 is 4.39 Å². The van der Waals surface area contributed by atoms with E-state index < -0.39 is 0 Å². The number of hydrogen-bond acceptors (Lipinski definition) is 2. The van der Waals surface area contributed by atoms with Crippen LogP contribution in [-0.2, 0) is 13.0 Å². The molecule has 0 radical (unpaired) electrons. The molecular formula is C17H19FN2. The number of rotatable bonds is 3. The van der Waals surface area contributed by atoms with Crippen molar-refractivity contribution in [3.8, 4) is 0 Å². The van der Waals surface area contributed by atoms with Gasteiger partial charge in [0, 0.05) is 24.5 Å². The Morgan fingerprint density at radius 2 is 2.05 bits per heavy atom. The number of hydrogen-bond donors (Lipinski definition) is 1. The SMILES string of the molecule is CCN(c1cccc(F)c1)c1cccc2c1CNCC2. The average molecular weight is 270 g/mol. The molecule has 2 nitrogen and oxygen atoms in total. The van der Waals surface area contributed by atoms with Crippen molar-refractivity contribution in [1.82, 2.24) is 5.32 Å². The highest BCUT2D eigenvalue weighted by molar-refractivity contribution is 5.68. The predicted octanol–water partition coefficient (Wildman–Crippen LogP) is 3.63. The minimum atomic E-state index is -0.191. The van der Waals surface area contributed by atoms with Gasteiger partial charge in [-0.25, -0.2) is 4.39 Å². The lowest BCUT2D eigenvalue weighted by Gasteiger charge is -2.29. The quantitative estimate of drug-likeness (QED) is 0.916. The van der Waals surface area contributed by atoms with Gasteiger partial charge in [0.25, 0.3) is 0 Å². The normalized spacial score (nSPS) is 13.9. The van der Waals surface area contributed by atoms with Crippen LogP contribution < -0.4 is 10.2 Å². The maximum absolute atomic E-state index is 13.5. The lowest BCUT2D eigenvalue weighted by atomic mass is 9.98. The van der Waals surface area contributed by atoms with Crippen LogP contribution in [0.15, 0.2) is 42.5 Å². The standard InChI is InChI=1S/C17H19FN2/c1-2-20(15-7-4-6-14(18)11-15)17-8-3-5-13-9-10-19-12-16(13)17/h3-8,11,19H,2,9-10,12H2,1H3. The molecule has 3 heteroatoms. The van der Waals surface area contributed by atoms with Crippen LogP contribution in [0.5, 0.6) is 0 Å². The molecule has 0 saturated carbocycles. The second-order valence-electron chi connectivity index (χ2n) is 5.07. The van der Waals surface area contributed by atoms with Gasteiger partial charge in [-0.05, 0) is 55.3 Å². The Morgan fingerprint density at radius 3 is 2.85 bits per heavy atom. The summed E-state index contributed by atoms with van der Waals surface area (Å²) in [6.07, 6.45) is 1.06. The van der Waals surface area contributed by atoms with Crippen LogP contribution >= 0.6 is 0 Å². The minimum absolute atomic E-state index is 0.191. The zero-order valence-corrected chi connectivity index (χ0v) is 11.7. The Bertz CT molecular complexity index is 610. The van der Waals surface area contributed by atoms with Crippen LogP contribution in [0, 0.1) is 5.82 Å². The summed E-state index contributed by atoms with van der Waals surface area (Å²) in [7, 11) is 0. The largest absolute Gasteiger partial charge is 0.341 e. The number of nitrogens with one attached hydrogen (secondary N) is 1. The van der Waals surface area contributed by atoms with Crippen molar-refractivity contribution in [3.05, 3.63) is 59.4 Å². The summed E-state index contributed by atoms with van der Waals surface area (Å²) >= 11 is 0. The first-order valence-corrected chi connectivity index (χ1v) is 7.14. The first-order chi connectivity index (χ1) is 9.79. The second kappa shape index (κ2) is 5.63. The first kappa shape index (κ1) is 13.1. The van der Waals surface area contributed by atoms with E-state index in [1.54, 1.807) is 12.1 Å². The predicted molar refractivity (Wildman–Crippen MR) is 80.9 cm³/mol. The molecule has 0 aliphatic carbocycles. The average Bonchev–Trinajstić information content (AvgIpc) is 2.48. The van der Waals surface area contributed by atoms with E-state index in [0.717, 1.165) is 31.7 Å². The highest BCUT2D eigenvalue weighted by atomic mass is 19.1. The lowest BCUT2D eigenvalue weighted by Crippen LogP contribution is -2.27. The van der Waals surface area contributed by atoms with Gasteiger partial charge in [-0.1, -0.05) is 18.2 Å². The molecule has 2 aromatic rings. The highest BCUT2D eigenvalue weighted by Gasteiger charge is 2.17. The Labute approximate surface area is 119 Å². The summed E-state index contributed by atoms with van der Waals surface area (Å²) in [5.41, 5.74) is 4.83. The minimum Gasteiger partial charge on any atom is -0.341 e. The van der Waals surface area contributed by atoms with Gasteiger partial charge in [0.15, 0.2) is 0 Å². The summed E-state index contributed by atoms with van der Waals surface area (Å²) in [5.74, 6) is -0.191. The molecule has 0 fully saturated rings. The van der Waals surface area contributed by atoms with Gasteiger partial charge in [0.05, 0.1) is 0 Å². The molecule has 0 aromatic heterocycles. The summed E-state index contributed by atoms with van der Waals surface area (Å²) in [6.45, 7) is 4.83. The number of nitrogens with zero attached hydrogens (tertiary/aromatic N) is 1.